The first-order valence-corrected chi connectivity index (χ1v) is 11.4. The maximum Gasteiger partial charge on any atom is 0.258 e. The highest BCUT2D eigenvalue weighted by Gasteiger charge is 2.16. The predicted octanol–water partition coefficient (Wildman–Crippen LogP) is 4.23. The van der Waals surface area contributed by atoms with E-state index in [0.717, 1.165) is 0 Å². The lowest BCUT2D eigenvalue weighted by Gasteiger charge is -2.12. The summed E-state index contributed by atoms with van der Waals surface area (Å²) < 4.78 is 12.2. The first-order chi connectivity index (χ1) is 14.7. The fourth-order valence-electron chi connectivity index (χ4n) is 2.60. The number of amides is 2. The Hall–Kier alpha value is -2.91. The van der Waals surface area contributed by atoms with E-state index < -0.39 is 21.5 Å². The van der Waals surface area contributed by atoms with Gasteiger partial charge in [-0.3, -0.25) is 14.7 Å². The molecule has 0 bridgehead atoms. The summed E-state index contributed by atoms with van der Waals surface area (Å²) in [5.74, 6) is -0.679. The molecule has 0 aliphatic rings. The van der Waals surface area contributed by atoms with E-state index in [2.05, 4.69) is 15.6 Å². The first kappa shape index (κ1) is 22.8. The second kappa shape index (κ2) is 9.49. The average molecular weight is 477 g/mol. The third-order valence-corrected chi connectivity index (χ3v) is 6.45. The van der Waals surface area contributed by atoms with Crippen molar-refractivity contribution in [2.75, 3.05) is 10.6 Å². The molecule has 0 aliphatic heterocycles. The van der Waals surface area contributed by atoms with Crippen LogP contribution in [-0.4, -0.2) is 26.4 Å². The van der Waals surface area contributed by atoms with Crippen LogP contribution in [0.1, 0.15) is 27.6 Å². The molecule has 0 saturated heterocycles. The lowest BCUT2D eigenvalue weighted by atomic mass is 10.1. The summed E-state index contributed by atoms with van der Waals surface area (Å²) >= 11 is 11.8. The Morgan fingerprint density at radius 2 is 1.65 bits per heavy atom. The first-order valence-electron chi connectivity index (χ1n) is 8.95. The van der Waals surface area contributed by atoms with E-state index in [4.69, 9.17) is 28.3 Å². The number of pyridine rings is 1. The number of benzene rings is 2. The zero-order valence-corrected chi connectivity index (χ0v) is 18.6. The number of carbonyl (C=O) groups is 2. The van der Waals surface area contributed by atoms with Crippen molar-refractivity contribution in [2.45, 2.75) is 11.8 Å². The minimum Gasteiger partial charge on any atom is -0.321 e. The molecule has 2 aromatic carbocycles. The summed E-state index contributed by atoms with van der Waals surface area (Å²) in [6.07, 6.45) is 1.40. The number of hydrogen-bond donors (Lipinski definition) is 3. The molecule has 0 aliphatic carbocycles. The van der Waals surface area contributed by atoms with E-state index in [9.17, 15) is 13.8 Å². The zero-order valence-electron chi connectivity index (χ0n) is 16.3. The molecule has 1 heterocycles. The number of halogens is 2. The van der Waals surface area contributed by atoms with Gasteiger partial charge in [0, 0.05) is 21.7 Å². The maximum atomic E-state index is 12.7. The number of rotatable bonds is 5. The van der Waals surface area contributed by atoms with Gasteiger partial charge in [0.25, 0.3) is 11.8 Å². The van der Waals surface area contributed by atoms with Crippen LogP contribution < -0.4 is 15.8 Å². The van der Waals surface area contributed by atoms with Crippen LogP contribution >= 0.6 is 23.2 Å². The molecule has 10 heteroatoms. The van der Waals surface area contributed by atoms with Gasteiger partial charge in [-0.15, -0.1) is 0 Å². The summed E-state index contributed by atoms with van der Waals surface area (Å²) in [5, 5.41) is 13.2. The van der Waals surface area contributed by atoms with Gasteiger partial charge in [0.1, 0.15) is 5.82 Å². The second-order valence-electron chi connectivity index (χ2n) is 6.37. The maximum absolute atomic E-state index is 12.7. The Morgan fingerprint density at radius 3 is 2.26 bits per heavy atom. The van der Waals surface area contributed by atoms with Gasteiger partial charge in [-0.2, -0.15) is 0 Å². The summed E-state index contributed by atoms with van der Waals surface area (Å²) in [6, 6.07) is 13.7. The van der Waals surface area contributed by atoms with Crippen LogP contribution in [0.3, 0.4) is 0 Å². The van der Waals surface area contributed by atoms with E-state index in [-0.39, 0.29) is 11.3 Å². The molecule has 4 N–H and O–H groups in total. The highest BCUT2D eigenvalue weighted by atomic mass is 35.5. The normalized spacial score (nSPS) is 12.5. The number of carbonyl (C=O) groups excluding carboxylic acids is 2. The SMILES string of the molecule is CC=S(N)(=O)c1ccc(C(=O)Nc2ccc(Cl)cc2C(=O)Nc2ccc(Cl)cn2)cc1. The minimum atomic E-state index is -2.74. The number of aromatic nitrogens is 1. The van der Waals surface area contributed by atoms with Crippen molar-refractivity contribution in [2.24, 2.45) is 5.14 Å². The third kappa shape index (κ3) is 5.62. The average Bonchev–Trinajstić information content (AvgIpc) is 2.76. The van der Waals surface area contributed by atoms with Crippen LogP contribution in [0.5, 0.6) is 0 Å². The Labute approximate surface area is 189 Å². The molecule has 0 fully saturated rings. The Balaban J connectivity index is 1.83. The zero-order chi connectivity index (χ0) is 22.6. The smallest absolute Gasteiger partial charge is 0.258 e. The van der Waals surface area contributed by atoms with Crippen LogP contribution in [0.25, 0.3) is 0 Å². The fraction of sp³-hybridized carbons (Fsp3) is 0.0476. The summed E-state index contributed by atoms with van der Waals surface area (Å²) in [5.41, 5.74) is 0.713. The van der Waals surface area contributed by atoms with E-state index >= 15 is 0 Å². The van der Waals surface area contributed by atoms with E-state index in [1.54, 1.807) is 25.1 Å². The molecule has 3 rings (SSSR count). The molecule has 0 radical (unpaired) electrons. The molecule has 0 saturated carbocycles. The molecule has 3 aromatic rings. The van der Waals surface area contributed by atoms with Crippen molar-refractivity contribution in [3.63, 3.8) is 0 Å². The van der Waals surface area contributed by atoms with Crippen LogP contribution in [0.2, 0.25) is 10.0 Å². The number of hydrogen-bond acceptors (Lipinski definition) is 4. The van der Waals surface area contributed by atoms with Gasteiger partial charge in [0.15, 0.2) is 0 Å². The number of anilines is 2. The fourth-order valence-corrected chi connectivity index (χ4v) is 3.71. The summed E-state index contributed by atoms with van der Waals surface area (Å²) in [7, 11) is -2.74. The lowest BCUT2D eigenvalue weighted by molar-refractivity contribution is 0.102. The standard InChI is InChI=1S/C21H18Cl2N4O3S/c1-2-31(24,30)16-7-3-13(4-8-16)20(28)26-18-9-5-14(22)11-17(18)21(29)27-19-10-6-15(23)12-25-19/h2-12H,1H3,(H2,24,30)(H,26,28)(H,25,27,29). The van der Waals surface area contributed by atoms with Crippen LogP contribution in [0, 0.1) is 0 Å². The van der Waals surface area contributed by atoms with E-state index in [0.29, 0.717) is 26.3 Å². The Kier molecular flexibility index (Phi) is 6.97. The summed E-state index contributed by atoms with van der Waals surface area (Å²) in [6.45, 7) is 1.61. The molecule has 1 atom stereocenters. The third-order valence-electron chi connectivity index (χ3n) is 4.28. The van der Waals surface area contributed by atoms with Gasteiger partial charge >= 0.3 is 0 Å². The molecule has 1 aromatic heterocycles. The van der Waals surface area contributed by atoms with Crippen molar-refractivity contribution in [1.29, 1.82) is 0 Å². The Bertz CT molecular complexity index is 1250. The molecule has 0 spiro atoms. The minimum absolute atomic E-state index is 0.153. The molecule has 160 valence electrons. The number of nitrogens with two attached hydrogens (primary N) is 1. The van der Waals surface area contributed by atoms with Gasteiger partial charge < -0.3 is 10.6 Å². The van der Waals surface area contributed by atoms with Crippen molar-refractivity contribution in [1.82, 2.24) is 4.98 Å². The largest absolute Gasteiger partial charge is 0.321 e. The van der Waals surface area contributed by atoms with Crippen molar-refractivity contribution in [3.05, 3.63) is 82.0 Å². The molecular formula is C21H18Cl2N4O3S. The van der Waals surface area contributed by atoms with E-state index in [1.807, 2.05) is 0 Å². The quantitative estimate of drug-likeness (QED) is 0.477. The predicted molar refractivity (Wildman–Crippen MR) is 125 cm³/mol. The molecule has 2 amide bonds. The topological polar surface area (TPSA) is 114 Å². The van der Waals surface area contributed by atoms with Crippen molar-refractivity contribution < 1.29 is 13.8 Å². The molecule has 7 nitrogen and oxygen atoms in total. The van der Waals surface area contributed by atoms with Crippen LogP contribution in [-0.2, 0) is 9.71 Å². The van der Waals surface area contributed by atoms with Gasteiger partial charge in [0.2, 0.25) is 0 Å². The second-order valence-corrected chi connectivity index (χ2v) is 9.48. The van der Waals surface area contributed by atoms with Crippen molar-refractivity contribution >= 4 is 61.6 Å². The van der Waals surface area contributed by atoms with Gasteiger partial charge in [-0.05, 0) is 66.9 Å². The highest BCUT2D eigenvalue weighted by Crippen LogP contribution is 2.23. The van der Waals surface area contributed by atoms with Crippen LogP contribution in [0.4, 0.5) is 11.5 Å². The summed E-state index contributed by atoms with van der Waals surface area (Å²) in [4.78, 5) is 29.9. The highest BCUT2D eigenvalue weighted by molar-refractivity contribution is 7.99. The van der Waals surface area contributed by atoms with Gasteiger partial charge in [-0.25, -0.2) is 9.19 Å². The lowest BCUT2D eigenvalue weighted by Crippen LogP contribution is -2.19. The van der Waals surface area contributed by atoms with Gasteiger partial charge in [0.05, 0.1) is 26.0 Å². The monoisotopic (exact) mass is 476 g/mol. The van der Waals surface area contributed by atoms with Crippen LogP contribution in [0.15, 0.2) is 65.7 Å². The molecular weight excluding hydrogens is 459 g/mol. The van der Waals surface area contributed by atoms with E-state index in [1.165, 1.54) is 48.0 Å². The number of nitrogens with one attached hydrogen (secondary N) is 2. The van der Waals surface area contributed by atoms with Crippen molar-refractivity contribution in [3.8, 4) is 0 Å². The number of nitrogens with zero attached hydrogens (tertiary/aromatic N) is 1. The molecule has 31 heavy (non-hydrogen) atoms. The Morgan fingerprint density at radius 1 is 0.968 bits per heavy atom. The van der Waals surface area contributed by atoms with Gasteiger partial charge in [-0.1, -0.05) is 23.2 Å². The molecule has 1 unspecified atom stereocenters.